The summed E-state index contributed by atoms with van der Waals surface area (Å²) in [5.74, 6) is 0.500. The van der Waals surface area contributed by atoms with Crippen LogP contribution in [0.4, 0.5) is 4.79 Å². The van der Waals surface area contributed by atoms with Crippen LogP contribution in [0.25, 0.3) is 0 Å². The van der Waals surface area contributed by atoms with Crippen molar-refractivity contribution >= 4 is 6.09 Å². The Bertz CT molecular complexity index is 503. The van der Waals surface area contributed by atoms with Gasteiger partial charge in [0.05, 0.1) is 25.4 Å². The number of carbonyl (C=O) groups excluding carboxylic acids is 1. The lowest BCUT2D eigenvalue weighted by Gasteiger charge is -2.25. The molecule has 0 bridgehead atoms. The van der Waals surface area contributed by atoms with Crippen molar-refractivity contribution in [3.8, 4) is 0 Å². The predicted octanol–water partition coefficient (Wildman–Crippen LogP) is 1.72. The first-order valence-corrected chi connectivity index (χ1v) is 9.02. The van der Waals surface area contributed by atoms with E-state index in [1.54, 1.807) is 0 Å². The average molecular weight is 350 g/mol. The van der Waals surface area contributed by atoms with Crippen LogP contribution in [0.1, 0.15) is 25.8 Å². The largest absolute Gasteiger partial charge is 0.444 e. The molecule has 1 saturated heterocycles. The van der Waals surface area contributed by atoms with Gasteiger partial charge >= 0.3 is 6.09 Å². The second kappa shape index (κ2) is 10.4. The molecule has 25 heavy (non-hydrogen) atoms. The summed E-state index contributed by atoms with van der Waals surface area (Å²) >= 11 is 0. The molecule has 3 atom stereocenters. The predicted molar refractivity (Wildman–Crippen MR) is 96.5 cm³/mol. The van der Waals surface area contributed by atoms with Crippen LogP contribution in [-0.2, 0) is 15.9 Å². The normalized spacial score (nSPS) is 19.6. The second-order valence-electron chi connectivity index (χ2n) is 6.95. The zero-order valence-corrected chi connectivity index (χ0v) is 15.1. The topological polar surface area (TPSA) is 79.8 Å². The molecule has 3 N–H and O–H groups in total. The molecule has 1 aliphatic heterocycles. The second-order valence-corrected chi connectivity index (χ2v) is 6.95. The Morgan fingerprint density at radius 2 is 2.08 bits per heavy atom. The van der Waals surface area contributed by atoms with E-state index < -0.39 is 18.2 Å². The molecule has 0 unspecified atom stereocenters. The van der Waals surface area contributed by atoms with E-state index in [4.69, 9.17) is 9.47 Å². The number of benzene rings is 1. The van der Waals surface area contributed by atoms with E-state index in [1.807, 2.05) is 30.3 Å². The van der Waals surface area contributed by atoms with Crippen molar-refractivity contribution in [1.82, 2.24) is 10.6 Å². The van der Waals surface area contributed by atoms with Crippen LogP contribution in [0.2, 0.25) is 0 Å². The van der Waals surface area contributed by atoms with Gasteiger partial charge in [-0.1, -0.05) is 44.2 Å². The maximum absolute atomic E-state index is 12.2. The SMILES string of the molecule is CC(C)CNC[C@@H](O)[C@H](Cc1ccccc1)NC(=O)O[C@H]1CCOC1. The number of aliphatic hydroxyl groups excluding tert-OH is 1. The highest BCUT2D eigenvalue weighted by Gasteiger charge is 2.25. The first-order valence-electron chi connectivity index (χ1n) is 9.02. The molecule has 1 fully saturated rings. The number of hydrogen-bond donors (Lipinski definition) is 3. The highest BCUT2D eigenvalue weighted by Crippen LogP contribution is 2.10. The molecule has 0 spiro atoms. The molecule has 2 rings (SSSR count). The van der Waals surface area contributed by atoms with Gasteiger partial charge in [0.25, 0.3) is 0 Å². The minimum absolute atomic E-state index is 0.200. The van der Waals surface area contributed by atoms with Crippen LogP contribution in [0.3, 0.4) is 0 Å². The van der Waals surface area contributed by atoms with Gasteiger partial charge < -0.3 is 25.2 Å². The molecule has 0 saturated carbocycles. The summed E-state index contributed by atoms with van der Waals surface area (Å²) in [5.41, 5.74) is 1.06. The zero-order valence-electron chi connectivity index (χ0n) is 15.1. The lowest BCUT2D eigenvalue weighted by Crippen LogP contribution is -2.49. The Morgan fingerprint density at radius 3 is 2.72 bits per heavy atom. The molecule has 140 valence electrons. The fourth-order valence-electron chi connectivity index (χ4n) is 2.76. The Hall–Kier alpha value is -1.63. The Morgan fingerprint density at radius 1 is 1.32 bits per heavy atom. The van der Waals surface area contributed by atoms with E-state index in [-0.39, 0.29) is 6.10 Å². The number of nitrogens with one attached hydrogen (secondary N) is 2. The van der Waals surface area contributed by atoms with Gasteiger partial charge in [-0.05, 0) is 24.4 Å². The molecule has 0 aliphatic carbocycles. The van der Waals surface area contributed by atoms with E-state index in [2.05, 4.69) is 24.5 Å². The van der Waals surface area contributed by atoms with Crippen LogP contribution in [0, 0.1) is 5.92 Å². The quantitative estimate of drug-likeness (QED) is 0.632. The van der Waals surface area contributed by atoms with Crippen LogP contribution in [-0.4, -0.2) is 55.8 Å². The van der Waals surface area contributed by atoms with Crippen LogP contribution in [0.5, 0.6) is 0 Å². The van der Waals surface area contributed by atoms with Gasteiger partial charge in [0.1, 0.15) is 6.10 Å². The van der Waals surface area contributed by atoms with E-state index in [0.717, 1.165) is 18.5 Å². The third-order valence-corrected chi connectivity index (χ3v) is 4.13. The van der Waals surface area contributed by atoms with Gasteiger partial charge in [0.15, 0.2) is 0 Å². The number of alkyl carbamates (subject to hydrolysis) is 1. The Kier molecular flexibility index (Phi) is 8.18. The lowest BCUT2D eigenvalue weighted by atomic mass is 10.0. The monoisotopic (exact) mass is 350 g/mol. The first kappa shape index (κ1) is 19.7. The van der Waals surface area contributed by atoms with Crippen molar-refractivity contribution in [1.29, 1.82) is 0 Å². The molecule has 0 aromatic heterocycles. The first-order chi connectivity index (χ1) is 12.0. The number of rotatable bonds is 9. The molecule has 0 radical (unpaired) electrons. The van der Waals surface area contributed by atoms with E-state index in [0.29, 0.717) is 32.1 Å². The van der Waals surface area contributed by atoms with E-state index >= 15 is 0 Å². The van der Waals surface area contributed by atoms with Crippen molar-refractivity contribution in [2.24, 2.45) is 5.92 Å². The van der Waals surface area contributed by atoms with Crippen molar-refractivity contribution in [2.45, 2.75) is 44.9 Å². The Balaban J connectivity index is 1.91. The van der Waals surface area contributed by atoms with Crippen LogP contribution < -0.4 is 10.6 Å². The number of ether oxygens (including phenoxy) is 2. The third-order valence-electron chi connectivity index (χ3n) is 4.13. The smallest absolute Gasteiger partial charge is 0.407 e. The van der Waals surface area contributed by atoms with Gasteiger partial charge in [-0.15, -0.1) is 0 Å². The molecule has 1 amide bonds. The number of aliphatic hydroxyl groups is 1. The van der Waals surface area contributed by atoms with Gasteiger partial charge in [-0.3, -0.25) is 0 Å². The average Bonchev–Trinajstić information content (AvgIpc) is 3.07. The van der Waals surface area contributed by atoms with E-state index in [1.165, 1.54) is 0 Å². The summed E-state index contributed by atoms with van der Waals surface area (Å²) in [6.45, 7) is 6.52. The molecule has 1 aliphatic rings. The summed E-state index contributed by atoms with van der Waals surface area (Å²) < 4.78 is 10.6. The molecule has 1 heterocycles. The zero-order chi connectivity index (χ0) is 18.1. The molecule has 6 nitrogen and oxygen atoms in total. The summed E-state index contributed by atoms with van der Waals surface area (Å²) in [5, 5.41) is 16.6. The highest BCUT2D eigenvalue weighted by molar-refractivity contribution is 5.68. The Labute approximate surface area is 149 Å². The van der Waals surface area contributed by atoms with Crippen molar-refractivity contribution in [3.63, 3.8) is 0 Å². The van der Waals surface area contributed by atoms with Gasteiger partial charge in [-0.25, -0.2) is 4.79 Å². The highest BCUT2D eigenvalue weighted by atomic mass is 16.6. The number of amides is 1. The summed E-state index contributed by atoms with van der Waals surface area (Å²) in [4.78, 5) is 12.2. The molecular formula is C19H30N2O4. The van der Waals surface area contributed by atoms with Gasteiger partial charge in [0, 0.05) is 13.0 Å². The maximum atomic E-state index is 12.2. The standard InChI is InChI=1S/C19H30N2O4/c1-14(2)11-20-12-18(22)17(10-15-6-4-3-5-7-15)21-19(23)25-16-8-9-24-13-16/h3-7,14,16-18,20,22H,8-13H2,1-2H3,(H,21,23)/t16-,17-,18+/m0/s1. The van der Waals surface area contributed by atoms with Gasteiger partial charge in [-0.2, -0.15) is 0 Å². The summed E-state index contributed by atoms with van der Waals surface area (Å²) in [7, 11) is 0. The lowest BCUT2D eigenvalue weighted by molar-refractivity contribution is 0.0688. The van der Waals surface area contributed by atoms with Crippen molar-refractivity contribution in [2.75, 3.05) is 26.3 Å². The molecule has 1 aromatic rings. The van der Waals surface area contributed by atoms with Crippen LogP contribution >= 0.6 is 0 Å². The number of hydrogen-bond acceptors (Lipinski definition) is 5. The summed E-state index contributed by atoms with van der Waals surface area (Å²) in [6, 6.07) is 9.39. The number of carbonyl (C=O) groups is 1. The molecule has 6 heteroatoms. The minimum atomic E-state index is -0.702. The van der Waals surface area contributed by atoms with E-state index in [9.17, 15) is 9.90 Å². The molecular weight excluding hydrogens is 320 g/mol. The fourth-order valence-corrected chi connectivity index (χ4v) is 2.76. The van der Waals surface area contributed by atoms with Crippen LogP contribution in [0.15, 0.2) is 30.3 Å². The summed E-state index contributed by atoms with van der Waals surface area (Å²) in [6.07, 6.45) is -0.143. The maximum Gasteiger partial charge on any atom is 0.407 e. The minimum Gasteiger partial charge on any atom is -0.444 e. The fraction of sp³-hybridized carbons (Fsp3) is 0.632. The molecule has 1 aromatic carbocycles. The van der Waals surface area contributed by atoms with Crippen molar-refractivity contribution in [3.05, 3.63) is 35.9 Å². The third kappa shape index (κ3) is 7.42. The van der Waals surface area contributed by atoms with Crippen molar-refractivity contribution < 1.29 is 19.4 Å². The van der Waals surface area contributed by atoms with Gasteiger partial charge in [0.2, 0.25) is 0 Å².